The maximum atomic E-state index is 13.4. The molecular formula is C22H27N3O3S. The topological polar surface area (TPSA) is 70.7 Å². The zero-order chi connectivity index (χ0) is 20.8. The molecule has 0 fully saturated rings. The molecule has 7 heteroatoms. The van der Waals surface area contributed by atoms with Crippen LogP contribution in [-0.2, 0) is 11.3 Å². The van der Waals surface area contributed by atoms with Crippen molar-refractivity contribution in [1.29, 1.82) is 0 Å². The van der Waals surface area contributed by atoms with Crippen LogP contribution in [-0.4, -0.2) is 44.6 Å². The van der Waals surface area contributed by atoms with Gasteiger partial charge in [-0.3, -0.25) is 9.59 Å². The van der Waals surface area contributed by atoms with Gasteiger partial charge in [-0.25, -0.2) is 0 Å². The molecule has 0 spiro atoms. The molecule has 0 radical (unpaired) electrons. The van der Waals surface area contributed by atoms with Crippen LogP contribution < -0.4 is 20.8 Å². The lowest BCUT2D eigenvalue weighted by atomic mass is 10.1. The predicted molar refractivity (Wildman–Crippen MR) is 121 cm³/mol. The highest BCUT2D eigenvalue weighted by atomic mass is 32.1. The van der Waals surface area contributed by atoms with Crippen molar-refractivity contribution in [2.24, 2.45) is 0 Å². The van der Waals surface area contributed by atoms with Crippen molar-refractivity contribution in [3.8, 4) is 5.75 Å². The first-order valence-corrected chi connectivity index (χ1v) is 10.6. The van der Waals surface area contributed by atoms with Crippen LogP contribution in [0.4, 0.5) is 5.69 Å². The Balaban J connectivity index is 2.12. The summed E-state index contributed by atoms with van der Waals surface area (Å²) >= 11 is 1.58. The summed E-state index contributed by atoms with van der Waals surface area (Å²) < 4.78 is 7.16. The summed E-state index contributed by atoms with van der Waals surface area (Å²) in [5.41, 5.74) is 1.68. The fraction of sp³-hybridized carbons (Fsp3) is 0.364. The molecular weight excluding hydrogens is 386 g/mol. The summed E-state index contributed by atoms with van der Waals surface area (Å²) in [6.45, 7) is 8.19. The molecule has 2 N–H and O–H groups in total. The van der Waals surface area contributed by atoms with Crippen LogP contribution in [0.2, 0.25) is 0 Å². The van der Waals surface area contributed by atoms with Gasteiger partial charge in [-0.2, -0.15) is 0 Å². The minimum Gasteiger partial charge on any atom is -0.497 e. The SMILES string of the molecule is CCN(CC)CCNc1c(CNC=O)ccc2sc3ccc(OC)cc3c(=O)c12. The highest BCUT2D eigenvalue weighted by Gasteiger charge is 2.15. The quantitative estimate of drug-likeness (QED) is 0.394. The molecule has 1 amide bonds. The summed E-state index contributed by atoms with van der Waals surface area (Å²) in [6, 6.07) is 9.53. The number of nitrogens with one attached hydrogen (secondary N) is 2. The van der Waals surface area contributed by atoms with Crippen molar-refractivity contribution in [3.63, 3.8) is 0 Å². The zero-order valence-corrected chi connectivity index (χ0v) is 17.9. The van der Waals surface area contributed by atoms with Crippen molar-refractivity contribution in [2.45, 2.75) is 20.4 Å². The van der Waals surface area contributed by atoms with Gasteiger partial charge in [0.1, 0.15) is 5.75 Å². The van der Waals surface area contributed by atoms with Gasteiger partial charge in [0.05, 0.1) is 18.2 Å². The Morgan fingerprint density at radius 1 is 1.14 bits per heavy atom. The molecule has 2 aromatic carbocycles. The number of carbonyl (C=O) groups excluding carboxylic acids is 1. The number of carbonyl (C=O) groups is 1. The molecule has 154 valence electrons. The summed E-state index contributed by atoms with van der Waals surface area (Å²) in [5, 5.41) is 7.51. The van der Waals surface area contributed by atoms with Crippen molar-refractivity contribution < 1.29 is 9.53 Å². The van der Waals surface area contributed by atoms with E-state index >= 15 is 0 Å². The van der Waals surface area contributed by atoms with E-state index in [-0.39, 0.29) is 5.43 Å². The van der Waals surface area contributed by atoms with Gasteiger partial charge in [0.25, 0.3) is 0 Å². The highest BCUT2D eigenvalue weighted by molar-refractivity contribution is 7.24. The molecule has 29 heavy (non-hydrogen) atoms. The minimum atomic E-state index is -0.0223. The Morgan fingerprint density at radius 2 is 1.90 bits per heavy atom. The maximum Gasteiger partial charge on any atom is 0.207 e. The monoisotopic (exact) mass is 413 g/mol. The Labute approximate surface area is 174 Å². The first-order valence-electron chi connectivity index (χ1n) is 9.82. The Kier molecular flexibility index (Phi) is 7.06. The molecule has 3 aromatic rings. The molecule has 0 unspecified atom stereocenters. The van der Waals surface area contributed by atoms with E-state index in [2.05, 4.69) is 29.4 Å². The van der Waals surface area contributed by atoms with Crippen LogP contribution in [0.25, 0.3) is 20.2 Å². The van der Waals surface area contributed by atoms with Gasteiger partial charge in [0, 0.05) is 34.4 Å². The third-order valence-corrected chi connectivity index (χ3v) is 6.27. The first-order chi connectivity index (χ1) is 14.1. The predicted octanol–water partition coefficient (Wildman–Crippen LogP) is 3.42. The average Bonchev–Trinajstić information content (AvgIpc) is 2.75. The molecule has 0 saturated carbocycles. The standard InChI is InChI=1S/C22H27N3O3S/c1-4-25(5-2)11-10-24-21-15(13-23-14-26)6-8-19-20(21)22(27)17-12-16(28-3)7-9-18(17)29-19/h6-9,12,14,24H,4-5,10-11,13H2,1-3H3,(H,23,26). The van der Waals surface area contributed by atoms with E-state index in [9.17, 15) is 9.59 Å². The third kappa shape index (κ3) is 4.52. The van der Waals surface area contributed by atoms with E-state index in [1.807, 2.05) is 24.3 Å². The Morgan fingerprint density at radius 3 is 2.59 bits per heavy atom. The molecule has 1 heterocycles. The molecule has 0 aliphatic carbocycles. The van der Waals surface area contributed by atoms with Gasteiger partial charge in [-0.15, -0.1) is 11.3 Å². The van der Waals surface area contributed by atoms with Crippen molar-refractivity contribution in [1.82, 2.24) is 10.2 Å². The number of hydrogen-bond donors (Lipinski definition) is 2. The van der Waals surface area contributed by atoms with E-state index in [0.717, 1.165) is 46.8 Å². The van der Waals surface area contributed by atoms with E-state index in [1.165, 1.54) is 0 Å². The molecule has 0 aliphatic rings. The number of fused-ring (bicyclic) bond motifs is 2. The number of benzene rings is 2. The second-order valence-electron chi connectivity index (χ2n) is 6.72. The summed E-state index contributed by atoms with van der Waals surface area (Å²) in [5.74, 6) is 0.663. The smallest absolute Gasteiger partial charge is 0.207 e. The lowest BCUT2D eigenvalue weighted by Gasteiger charge is -2.20. The summed E-state index contributed by atoms with van der Waals surface area (Å²) in [7, 11) is 1.60. The lowest BCUT2D eigenvalue weighted by Crippen LogP contribution is -2.29. The van der Waals surface area contributed by atoms with Gasteiger partial charge in [0.2, 0.25) is 6.41 Å². The molecule has 0 aliphatic heterocycles. The number of amides is 1. The number of anilines is 1. The van der Waals surface area contributed by atoms with E-state index in [1.54, 1.807) is 24.5 Å². The zero-order valence-electron chi connectivity index (χ0n) is 17.1. The molecule has 0 bridgehead atoms. The van der Waals surface area contributed by atoms with Crippen molar-refractivity contribution >= 4 is 43.6 Å². The van der Waals surface area contributed by atoms with Crippen LogP contribution in [0.5, 0.6) is 5.75 Å². The van der Waals surface area contributed by atoms with Crippen LogP contribution in [0, 0.1) is 0 Å². The average molecular weight is 414 g/mol. The van der Waals surface area contributed by atoms with Crippen LogP contribution in [0.15, 0.2) is 35.1 Å². The number of methoxy groups -OCH3 is 1. The Hall–Kier alpha value is -2.64. The van der Waals surface area contributed by atoms with E-state index < -0.39 is 0 Å². The van der Waals surface area contributed by atoms with Gasteiger partial charge in [0.15, 0.2) is 5.43 Å². The van der Waals surface area contributed by atoms with Gasteiger partial charge in [-0.1, -0.05) is 19.9 Å². The highest BCUT2D eigenvalue weighted by Crippen LogP contribution is 2.33. The number of likely N-dealkylation sites (N-methyl/N-ethyl adjacent to an activating group) is 1. The second kappa shape index (κ2) is 9.71. The van der Waals surface area contributed by atoms with Crippen molar-refractivity contribution in [3.05, 3.63) is 46.1 Å². The number of hydrogen-bond acceptors (Lipinski definition) is 6. The van der Waals surface area contributed by atoms with Crippen LogP contribution in [0.3, 0.4) is 0 Å². The van der Waals surface area contributed by atoms with Gasteiger partial charge in [-0.05, 0) is 42.9 Å². The Bertz CT molecular complexity index is 1060. The number of rotatable bonds is 10. The largest absolute Gasteiger partial charge is 0.497 e. The van der Waals surface area contributed by atoms with E-state index in [4.69, 9.17) is 4.74 Å². The molecule has 3 rings (SSSR count). The lowest BCUT2D eigenvalue weighted by molar-refractivity contribution is -0.109. The number of ether oxygens (including phenoxy) is 1. The van der Waals surface area contributed by atoms with Crippen LogP contribution >= 0.6 is 11.3 Å². The maximum absolute atomic E-state index is 13.4. The van der Waals surface area contributed by atoms with Gasteiger partial charge >= 0.3 is 0 Å². The number of nitrogens with zero attached hydrogens (tertiary/aromatic N) is 1. The molecule has 0 saturated heterocycles. The minimum absolute atomic E-state index is 0.0223. The van der Waals surface area contributed by atoms with E-state index in [0.29, 0.717) is 29.5 Å². The normalized spacial score (nSPS) is 11.2. The molecule has 1 aromatic heterocycles. The second-order valence-corrected chi connectivity index (χ2v) is 7.80. The van der Waals surface area contributed by atoms with Gasteiger partial charge < -0.3 is 20.3 Å². The third-order valence-electron chi connectivity index (χ3n) is 5.13. The molecule has 6 nitrogen and oxygen atoms in total. The van der Waals surface area contributed by atoms with Crippen LogP contribution in [0.1, 0.15) is 19.4 Å². The fourth-order valence-corrected chi connectivity index (χ4v) is 4.54. The van der Waals surface area contributed by atoms with Crippen molar-refractivity contribution in [2.75, 3.05) is 38.6 Å². The fourth-order valence-electron chi connectivity index (χ4n) is 3.47. The molecule has 0 atom stereocenters. The summed E-state index contributed by atoms with van der Waals surface area (Å²) in [6.07, 6.45) is 0.676. The summed E-state index contributed by atoms with van der Waals surface area (Å²) in [4.78, 5) is 26.6. The first kappa shape index (κ1) is 21.1.